The van der Waals surface area contributed by atoms with E-state index in [4.69, 9.17) is 11.6 Å². The average molecular weight is 300 g/mol. The van der Waals surface area contributed by atoms with Crippen molar-refractivity contribution in [2.45, 2.75) is 37.6 Å². The molecule has 0 aliphatic heterocycles. The van der Waals surface area contributed by atoms with Gasteiger partial charge in [0, 0.05) is 12.0 Å². The average Bonchev–Trinajstić information content (AvgIpc) is 3.39. The molecule has 1 atom stereocenters. The molecule has 0 spiro atoms. The minimum Gasteiger partial charge on any atom is -0.363 e. The first-order valence-electron chi connectivity index (χ1n) is 7.65. The Morgan fingerprint density at radius 1 is 1.05 bits per heavy atom. The van der Waals surface area contributed by atoms with Crippen LogP contribution in [0.2, 0.25) is 5.15 Å². The van der Waals surface area contributed by atoms with Gasteiger partial charge in [-0.15, -0.1) is 0 Å². The van der Waals surface area contributed by atoms with Crippen molar-refractivity contribution < 1.29 is 0 Å². The highest BCUT2D eigenvalue weighted by Crippen LogP contribution is 2.43. The molecule has 1 heterocycles. The first kappa shape index (κ1) is 13.1. The summed E-state index contributed by atoms with van der Waals surface area (Å²) in [6, 6.07) is 12.8. The molecule has 2 aliphatic carbocycles. The standard InChI is InChI=1S/C17H18ClN3/c18-14-10-15(21-17(19-14)13-8-9-13)20-16(12-6-7-12)11-4-2-1-3-5-11/h1-5,10,12-13,16H,6-9H2,(H,19,20,21). The van der Waals surface area contributed by atoms with Crippen LogP contribution in [-0.2, 0) is 0 Å². The third-order valence-corrected chi connectivity index (χ3v) is 4.40. The van der Waals surface area contributed by atoms with E-state index in [9.17, 15) is 0 Å². The normalized spacial score (nSPS) is 19.3. The van der Waals surface area contributed by atoms with Gasteiger partial charge in [0.25, 0.3) is 0 Å². The molecule has 2 fully saturated rings. The molecule has 21 heavy (non-hydrogen) atoms. The van der Waals surface area contributed by atoms with Gasteiger partial charge in [0.15, 0.2) is 0 Å². The van der Waals surface area contributed by atoms with Crippen LogP contribution in [0.5, 0.6) is 0 Å². The molecule has 1 unspecified atom stereocenters. The molecule has 0 amide bonds. The van der Waals surface area contributed by atoms with Crippen molar-refractivity contribution >= 4 is 17.4 Å². The second-order valence-corrected chi connectivity index (χ2v) is 6.47. The maximum atomic E-state index is 6.16. The number of halogens is 1. The Bertz CT molecular complexity index is 636. The van der Waals surface area contributed by atoms with Gasteiger partial charge < -0.3 is 5.32 Å². The van der Waals surface area contributed by atoms with E-state index >= 15 is 0 Å². The number of rotatable bonds is 5. The topological polar surface area (TPSA) is 37.8 Å². The monoisotopic (exact) mass is 299 g/mol. The minimum atomic E-state index is 0.323. The summed E-state index contributed by atoms with van der Waals surface area (Å²) in [5.74, 6) is 2.97. The Kier molecular flexibility index (Phi) is 3.30. The molecule has 0 saturated heterocycles. The van der Waals surface area contributed by atoms with E-state index in [1.807, 2.05) is 6.07 Å². The molecule has 3 nitrogen and oxygen atoms in total. The molecular weight excluding hydrogens is 282 g/mol. The number of hydrogen-bond donors (Lipinski definition) is 1. The van der Waals surface area contributed by atoms with Crippen molar-refractivity contribution in [2.75, 3.05) is 5.32 Å². The maximum Gasteiger partial charge on any atom is 0.135 e. The summed E-state index contributed by atoms with van der Waals surface area (Å²) in [6.45, 7) is 0. The summed E-state index contributed by atoms with van der Waals surface area (Å²) >= 11 is 6.16. The van der Waals surface area contributed by atoms with Gasteiger partial charge in [-0.05, 0) is 37.2 Å². The zero-order valence-corrected chi connectivity index (χ0v) is 12.6. The van der Waals surface area contributed by atoms with Crippen LogP contribution in [0.25, 0.3) is 0 Å². The first-order chi connectivity index (χ1) is 10.3. The van der Waals surface area contributed by atoms with Gasteiger partial charge in [0.05, 0.1) is 6.04 Å². The molecule has 108 valence electrons. The fourth-order valence-electron chi connectivity index (χ4n) is 2.76. The number of anilines is 1. The highest BCUT2D eigenvalue weighted by molar-refractivity contribution is 6.29. The lowest BCUT2D eigenvalue weighted by Gasteiger charge is -2.20. The molecule has 1 aromatic heterocycles. The predicted octanol–water partition coefficient (Wildman–Crippen LogP) is 4.57. The van der Waals surface area contributed by atoms with Crippen LogP contribution < -0.4 is 5.32 Å². The number of nitrogens with zero attached hydrogens (tertiary/aromatic N) is 2. The van der Waals surface area contributed by atoms with Crippen molar-refractivity contribution in [1.29, 1.82) is 0 Å². The fraction of sp³-hybridized carbons (Fsp3) is 0.412. The second-order valence-electron chi connectivity index (χ2n) is 6.08. The molecule has 4 rings (SSSR count). The molecule has 2 aliphatic rings. The number of benzene rings is 1. The highest BCUT2D eigenvalue weighted by Gasteiger charge is 2.33. The lowest BCUT2D eigenvalue weighted by atomic mass is 10.0. The third kappa shape index (κ3) is 3.03. The molecule has 4 heteroatoms. The van der Waals surface area contributed by atoms with Gasteiger partial charge in [-0.3, -0.25) is 0 Å². The smallest absolute Gasteiger partial charge is 0.135 e. The minimum absolute atomic E-state index is 0.323. The van der Waals surface area contributed by atoms with E-state index in [1.54, 1.807) is 0 Å². The predicted molar refractivity (Wildman–Crippen MR) is 84.5 cm³/mol. The Balaban J connectivity index is 1.61. The zero-order chi connectivity index (χ0) is 14.2. The van der Waals surface area contributed by atoms with Crippen molar-refractivity contribution in [3.63, 3.8) is 0 Å². The maximum absolute atomic E-state index is 6.16. The van der Waals surface area contributed by atoms with Crippen LogP contribution in [-0.4, -0.2) is 9.97 Å². The Labute approximate surface area is 129 Å². The van der Waals surface area contributed by atoms with E-state index in [2.05, 4.69) is 45.6 Å². The van der Waals surface area contributed by atoms with Crippen LogP contribution in [0.3, 0.4) is 0 Å². The summed E-state index contributed by atoms with van der Waals surface area (Å²) in [5.41, 5.74) is 1.32. The van der Waals surface area contributed by atoms with E-state index in [0.717, 1.165) is 11.6 Å². The number of hydrogen-bond acceptors (Lipinski definition) is 3. The van der Waals surface area contributed by atoms with Gasteiger partial charge in [0.1, 0.15) is 16.8 Å². The summed E-state index contributed by atoms with van der Waals surface area (Å²) in [7, 11) is 0. The van der Waals surface area contributed by atoms with Gasteiger partial charge in [-0.2, -0.15) is 0 Å². The van der Waals surface area contributed by atoms with E-state index in [1.165, 1.54) is 31.2 Å². The molecule has 2 saturated carbocycles. The Morgan fingerprint density at radius 3 is 2.48 bits per heavy atom. The van der Waals surface area contributed by atoms with E-state index < -0.39 is 0 Å². The third-order valence-electron chi connectivity index (χ3n) is 4.21. The SMILES string of the molecule is Clc1cc(NC(c2ccccc2)C2CC2)nc(C2CC2)n1. The van der Waals surface area contributed by atoms with Crippen LogP contribution in [0.15, 0.2) is 36.4 Å². The number of nitrogens with one attached hydrogen (secondary N) is 1. The number of aromatic nitrogens is 2. The summed E-state index contributed by atoms with van der Waals surface area (Å²) in [6.07, 6.45) is 4.93. The quantitative estimate of drug-likeness (QED) is 0.822. The van der Waals surface area contributed by atoms with Crippen molar-refractivity contribution in [3.05, 3.63) is 52.9 Å². The Hall–Kier alpha value is -1.61. The molecule has 2 aromatic rings. The van der Waals surface area contributed by atoms with Crippen LogP contribution >= 0.6 is 11.6 Å². The van der Waals surface area contributed by atoms with Gasteiger partial charge >= 0.3 is 0 Å². The lowest BCUT2D eigenvalue weighted by molar-refractivity contribution is 0.673. The molecular formula is C17H18ClN3. The molecule has 0 radical (unpaired) electrons. The van der Waals surface area contributed by atoms with Crippen LogP contribution in [0.1, 0.15) is 49.0 Å². The molecule has 1 aromatic carbocycles. The van der Waals surface area contributed by atoms with Crippen molar-refractivity contribution in [3.8, 4) is 0 Å². The van der Waals surface area contributed by atoms with E-state index in [-0.39, 0.29) is 0 Å². The summed E-state index contributed by atoms with van der Waals surface area (Å²) in [5, 5.41) is 4.12. The van der Waals surface area contributed by atoms with E-state index in [0.29, 0.717) is 23.0 Å². The second kappa shape index (κ2) is 5.30. The zero-order valence-electron chi connectivity index (χ0n) is 11.8. The Morgan fingerprint density at radius 2 is 1.81 bits per heavy atom. The molecule has 0 bridgehead atoms. The largest absolute Gasteiger partial charge is 0.363 e. The first-order valence-corrected chi connectivity index (χ1v) is 8.03. The van der Waals surface area contributed by atoms with Gasteiger partial charge in [-0.25, -0.2) is 9.97 Å². The van der Waals surface area contributed by atoms with Gasteiger partial charge in [-0.1, -0.05) is 41.9 Å². The highest BCUT2D eigenvalue weighted by atomic mass is 35.5. The van der Waals surface area contributed by atoms with Crippen molar-refractivity contribution in [2.24, 2.45) is 5.92 Å². The van der Waals surface area contributed by atoms with Crippen LogP contribution in [0, 0.1) is 5.92 Å². The lowest BCUT2D eigenvalue weighted by Crippen LogP contribution is -2.14. The fourth-order valence-corrected chi connectivity index (χ4v) is 2.95. The summed E-state index contributed by atoms with van der Waals surface area (Å²) < 4.78 is 0. The van der Waals surface area contributed by atoms with Gasteiger partial charge in [0.2, 0.25) is 0 Å². The summed E-state index contributed by atoms with van der Waals surface area (Å²) in [4.78, 5) is 9.02. The van der Waals surface area contributed by atoms with Crippen LogP contribution in [0.4, 0.5) is 5.82 Å². The van der Waals surface area contributed by atoms with Crippen molar-refractivity contribution in [1.82, 2.24) is 9.97 Å². The molecule has 1 N–H and O–H groups in total.